The van der Waals surface area contributed by atoms with Crippen molar-refractivity contribution >= 4 is 81.9 Å². The molecule has 2 saturated heterocycles. The minimum Gasteiger partial charge on any atom is -0.495 e. The fraction of sp³-hybridized carbons (Fsp3) is 0.615. The molecule has 484 valence electrons. The fourth-order valence-corrected chi connectivity index (χ4v) is 12.4. The Bertz CT molecular complexity index is 2990. The molecule has 0 aromatic heterocycles. The maximum Gasteiger partial charge on any atom is 0.328 e. The quantitative estimate of drug-likeness (QED) is 0.0389. The summed E-state index contributed by atoms with van der Waals surface area (Å²) < 4.78 is 46.0. The minimum atomic E-state index is -1.69. The molecule has 2 aromatic carbocycles. The van der Waals surface area contributed by atoms with Crippen LogP contribution in [0.1, 0.15) is 159 Å². The lowest BCUT2D eigenvalue weighted by Gasteiger charge is -2.41. The molecule has 3 fully saturated rings. The number of nitrogens with two attached hydrogens (primary N) is 1. The molecule has 2 aromatic rings. The number of carbonyl (C=O) groups excluding carboxylic acids is 9. The number of allylic oxidation sites excluding steroid dienone is 3. The van der Waals surface area contributed by atoms with Crippen LogP contribution in [0.3, 0.4) is 0 Å². The minimum absolute atomic E-state index is 0.0109. The molecule has 88 heavy (non-hydrogen) atoms. The number of fused-ring (bicyclic) bond motifs is 5. The van der Waals surface area contributed by atoms with Gasteiger partial charge in [0, 0.05) is 77.6 Å². The van der Waals surface area contributed by atoms with Gasteiger partial charge in [0.25, 0.3) is 5.91 Å². The summed E-state index contributed by atoms with van der Waals surface area (Å²) in [5.74, 6) is -6.32. The van der Waals surface area contributed by atoms with Crippen molar-refractivity contribution in [3.8, 4) is 5.75 Å². The number of hydrogen-bond donors (Lipinski definition) is 4. The lowest BCUT2D eigenvalue weighted by atomic mass is 9.78. The Balaban J connectivity index is 1.17. The molecule has 0 unspecified atom stereocenters. The molecular formula is C65H88Cl2FN5O15. The van der Waals surface area contributed by atoms with Gasteiger partial charge in [-0.05, 0) is 107 Å². The molecule has 5 amide bonds. The van der Waals surface area contributed by atoms with Gasteiger partial charge in [0.15, 0.2) is 5.78 Å². The molecule has 20 nitrogen and oxygen atoms in total. The van der Waals surface area contributed by atoms with Crippen molar-refractivity contribution in [1.82, 2.24) is 15.5 Å². The lowest BCUT2D eigenvalue weighted by Crippen LogP contribution is -2.53. The van der Waals surface area contributed by atoms with Crippen molar-refractivity contribution in [2.45, 2.75) is 198 Å². The first-order valence-electron chi connectivity index (χ1n) is 30.5. The molecule has 0 radical (unpaired) electrons. The predicted molar refractivity (Wildman–Crippen MR) is 328 cm³/mol. The first-order chi connectivity index (χ1) is 41.5. The van der Waals surface area contributed by atoms with Crippen LogP contribution < -0.4 is 26.0 Å². The smallest absolute Gasteiger partial charge is 0.328 e. The van der Waals surface area contributed by atoms with Crippen LogP contribution in [0.5, 0.6) is 5.75 Å². The Morgan fingerprint density at radius 3 is 2.32 bits per heavy atom. The highest BCUT2D eigenvalue weighted by molar-refractivity contribution is 6.35. The van der Waals surface area contributed by atoms with Gasteiger partial charge in [-0.3, -0.25) is 33.6 Å². The third-order valence-corrected chi connectivity index (χ3v) is 18.6. The van der Waals surface area contributed by atoms with Crippen LogP contribution >= 0.6 is 23.2 Å². The summed E-state index contributed by atoms with van der Waals surface area (Å²) in [7, 11) is 5.65. The number of hydrogen-bond acceptors (Lipinski definition) is 15. The number of benzene rings is 2. The first kappa shape index (κ1) is 70.8. The zero-order chi connectivity index (χ0) is 64.9. The molecule has 4 aliphatic rings. The van der Waals surface area contributed by atoms with Crippen LogP contribution in [0.25, 0.3) is 0 Å². The van der Waals surface area contributed by atoms with Crippen molar-refractivity contribution in [2.75, 3.05) is 39.8 Å². The molecular weight excluding hydrogens is 1180 g/mol. The van der Waals surface area contributed by atoms with Crippen molar-refractivity contribution in [3.05, 3.63) is 80.6 Å². The maximum absolute atomic E-state index is 16.3. The van der Waals surface area contributed by atoms with Crippen LogP contribution in [-0.2, 0) is 65.4 Å². The van der Waals surface area contributed by atoms with Gasteiger partial charge >= 0.3 is 18.0 Å². The average molecular weight is 1270 g/mol. The SMILES string of the molecule is COc1cc2cc(c1Cl)N(C)C(=O)C[C@H](OC(=O)[C@H](C)N(C)C(=O)c1cc(F)c(CC(=O)[C@H](CCCNC(N)=O)NC(=O)[C@@H](CC(=O)CCCCCCC(=O)C3CCC3)C(C)C)cc1Cl)[C@]1(C)O[C@H]1[C@H](C)[C@@H]1C[C@@](O)(CC(=O)O1)[C@H](OC)/C=C/C=C(\C)C2. The number of nitrogens with one attached hydrogen (secondary N) is 2. The van der Waals surface area contributed by atoms with Crippen molar-refractivity contribution in [2.24, 2.45) is 29.4 Å². The van der Waals surface area contributed by atoms with E-state index in [2.05, 4.69) is 10.6 Å². The molecule has 1 aliphatic carbocycles. The van der Waals surface area contributed by atoms with E-state index in [1.54, 1.807) is 52.0 Å². The van der Waals surface area contributed by atoms with E-state index in [0.717, 1.165) is 66.7 Å². The number of Topliss-reactive ketones (excluding diaryl/α,β-unsaturated/α-hetero) is 3. The van der Waals surface area contributed by atoms with Gasteiger partial charge in [-0.2, -0.15) is 0 Å². The number of epoxide rings is 1. The highest BCUT2D eigenvalue weighted by Gasteiger charge is 2.64. The third-order valence-electron chi connectivity index (χ3n) is 17.9. The molecule has 3 heterocycles. The molecule has 4 bridgehead atoms. The Hall–Kier alpha value is -6.26. The van der Waals surface area contributed by atoms with Crippen molar-refractivity contribution < 1.29 is 76.3 Å². The maximum atomic E-state index is 16.3. The Kier molecular flexibility index (Phi) is 25.3. The van der Waals surface area contributed by atoms with Crippen LogP contribution in [0.2, 0.25) is 10.0 Å². The number of esters is 2. The van der Waals surface area contributed by atoms with Gasteiger partial charge in [0.1, 0.15) is 63.7 Å². The average Bonchev–Trinajstić information content (AvgIpc) is 3.77. The Labute approximate surface area is 525 Å². The van der Waals surface area contributed by atoms with Gasteiger partial charge in [-0.1, -0.05) is 87.0 Å². The van der Waals surface area contributed by atoms with E-state index in [0.29, 0.717) is 36.5 Å². The number of ketones is 3. The van der Waals surface area contributed by atoms with Crippen LogP contribution in [-0.4, -0.2) is 146 Å². The summed E-state index contributed by atoms with van der Waals surface area (Å²) in [5, 5.41) is 17.1. The molecule has 1 saturated carbocycles. The molecule has 23 heteroatoms. The summed E-state index contributed by atoms with van der Waals surface area (Å²) in [6.45, 7) is 10.3. The summed E-state index contributed by atoms with van der Waals surface area (Å²) in [5.41, 5.74) is 3.49. The van der Waals surface area contributed by atoms with Gasteiger partial charge in [-0.15, -0.1) is 0 Å². The van der Waals surface area contributed by atoms with E-state index in [1.807, 2.05) is 13.0 Å². The Morgan fingerprint density at radius 1 is 0.989 bits per heavy atom. The third kappa shape index (κ3) is 18.2. The van der Waals surface area contributed by atoms with Gasteiger partial charge in [0.05, 0.1) is 48.4 Å². The molecule has 5 N–H and O–H groups in total. The summed E-state index contributed by atoms with van der Waals surface area (Å²) in [6.07, 6.45) is 7.16. The number of methoxy groups -OCH3 is 2. The van der Waals surface area contributed by atoms with E-state index >= 15 is 4.39 Å². The number of rotatable bonds is 26. The zero-order valence-corrected chi connectivity index (χ0v) is 53.8. The van der Waals surface area contributed by atoms with E-state index in [9.17, 15) is 48.3 Å². The standard InChI is InChI=1S/C65H88Cl2FN5O15/c1-36(2)44(31-43(74)21-13-11-12-14-23-50(75)41-19-16-20-41)60(79)71-48(22-17-25-70-63(69)82)51(76)30-42-29-46(66)45(32-47(42)68)61(80)72(7)39(5)62(81)87-55-33-56(77)73(8)49-27-40(28-52(84-9)58(49)67)26-37(3)18-15-24-54(85-10)65(83)34-53(86-57(78)35-65)38(4)59-64(55,6)88-59/h15,18,24,27-29,32,36,38-39,41,44,48,53-55,59,83H,11-14,16-17,19-23,25-26,30-31,33-35H2,1-10H3,(H,71,79)(H3,69,70,82)/b24-15+,37-18+/t38-,39+,44+,48+,53+,54-,55+,59+,64+,65-/m1/s1. The highest BCUT2D eigenvalue weighted by Crippen LogP contribution is 2.50. The molecule has 3 aliphatic heterocycles. The summed E-state index contributed by atoms with van der Waals surface area (Å²) in [6, 6.07) is 2.04. The number of urea groups is 1. The van der Waals surface area contributed by atoms with Gasteiger partial charge < -0.3 is 55.0 Å². The van der Waals surface area contributed by atoms with Crippen molar-refractivity contribution in [1.29, 1.82) is 0 Å². The second-order valence-corrected chi connectivity index (χ2v) is 25.6. The number of primary amides is 1. The van der Waals surface area contributed by atoms with Gasteiger partial charge in [-0.25, -0.2) is 14.0 Å². The topological polar surface area (TPSA) is 280 Å². The number of carbonyl (C=O) groups is 9. The number of aliphatic hydroxyl groups is 1. The number of amides is 5. The number of halogens is 3. The summed E-state index contributed by atoms with van der Waals surface area (Å²) >= 11 is 13.6. The first-order valence-corrected chi connectivity index (χ1v) is 31.2. The van der Waals surface area contributed by atoms with Crippen LogP contribution in [0.4, 0.5) is 14.9 Å². The number of nitrogens with zero attached hydrogens (tertiary/aromatic N) is 2. The van der Waals surface area contributed by atoms with E-state index < -0.39 is 120 Å². The number of unbranched alkanes of at least 4 members (excludes halogenated alkanes) is 3. The lowest BCUT2D eigenvalue weighted by molar-refractivity contribution is -0.187. The molecule has 10 atom stereocenters. The normalized spacial score (nSPS) is 25.1. The van der Waals surface area contributed by atoms with Crippen LogP contribution in [0, 0.1) is 29.5 Å². The van der Waals surface area contributed by atoms with Crippen molar-refractivity contribution in [3.63, 3.8) is 0 Å². The predicted octanol–water partition coefficient (Wildman–Crippen LogP) is 8.86. The van der Waals surface area contributed by atoms with E-state index in [4.69, 9.17) is 52.6 Å². The second kappa shape index (κ2) is 31.5. The molecule has 6 rings (SSSR count). The Morgan fingerprint density at radius 2 is 1.68 bits per heavy atom. The van der Waals surface area contributed by atoms with Crippen LogP contribution in [0.15, 0.2) is 48.1 Å². The zero-order valence-electron chi connectivity index (χ0n) is 52.3. The molecule has 0 spiro atoms. The monoisotopic (exact) mass is 1270 g/mol. The fourth-order valence-electron chi connectivity index (χ4n) is 11.8. The highest BCUT2D eigenvalue weighted by atomic mass is 35.5. The van der Waals surface area contributed by atoms with E-state index in [-0.39, 0.29) is 83.9 Å². The summed E-state index contributed by atoms with van der Waals surface area (Å²) in [4.78, 5) is 124. The second-order valence-electron chi connectivity index (χ2n) is 24.8. The van der Waals surface area contributed by atoms with Gasteiger partial charge in [0.2, 0.25) is 11.8 Å². The number of likely N-dealkylation sites (N-methyl/N-ethyl adjacent to an activating group) is 1. The number of ether oxygens (including phenoxy) is 5. The number of anilines is 1. The van der Waals surface area contributed by atoms with E-state index in [1.165, 1.54) is 40.1 Å². The largest absolute Gasteiger partial charge is 0.495 e.